The van der Waals surface area contributed by atoms with Gasteiger partial charge in [-0.1, -0.05) is 0 Å². The molecule has 0 N–H and O–H groups in total. The summed E-state index contributed by atoms with van der Waals surface area (Å²) in [6, 6.07) is 0. The van der Waals surface area contributed by atoms with Gasteiger partial charge in [0.25, 0.3) is 0 Å². The van der Waals surface area contributed by atoms with Crippen molar-refractivity contribution in [3.63, 3.8) is 0 Å². The fourth-order valence-electron chi connectivity index (χ4n) is 0.378. The van der Waals surface area contributed by atoms with Crippen LogP contribution >= 0.6 is 18.6 Å². The largest absolute Gasteiger partial charge is 0 e. The third-order valence-corrected chi connectivity index (χ3v) is 4.38. The van der Waals surface area contributed by atoms with Gasteiger partial charge in [0.05, 0.1) is 0 Å². The normalized spacial score (nSPS) is 10.8. The minimum absolute atomic E-state index is 0. The monoisotopic (exact) mass is 256 g/mol. The first-order valence-electron chi connectivity index (χ1n) is 2.78. The van der Waals surface area contributed by atoms with Crippen molar-refractivity contribution in [3.8, 4) is 0 Å². The van der Waals surface area contributed by atoms with E-state index < -0.39 is 15.2 Å². The van der Waals surface area contributed by atoms with E-state index in [1.165, 1.54) is 0 Å². The van der Waals surface area contributed by atoms with Crippen LogP contribution in [0.25, 0.3) is 0 Å². The van der Waals surface area contributed by atoms with Gasteiger partial charge in [-0.2, -0.15) is 0 Å². The van der Waals surface area contributed by atoms with E-state index in [9.17, 15) is 0 Å². The summed E-state index contributed by atoms with van der Waals surface area (Å²) in [5.41, 5.74) is 0. The zero-order valence-corrected chi connectivity index (χ0v) is 10.6. The van der Waals surface area contributed by atoms with Gasteiger partial charge in [-0.05, 0) is 0 Å². The quantitative estimate of drug-likeness (QED) is 0.719. The van der Waals surface area contributed by atoms with E-state index >= 15 is 0 Å². The van der Waals surface area contributed by atoms with Crippen LogP contribution in [0.3, 0.4) is 0 Å². The van der Waals surface area contributed by atoms with Crippen LogP contribution in [0.1, 0.15) is 13.8 Å². The molecule has 0 aliphatic rings. The zero-order valence-electron chi connectivity index (χ0n) is 5.99. The summed E-state index contributed by atoms with van der Waals surface area (Å²) in [6.07, 6.45) is 0. The molecule has 0 aromatic rings. The molecule has 0 atom stereocenters. The molecule has 0 heterocycles. The molecule has 0 fully saturated rings. The molecule has 0 saturated carbocycles. The van der Waals surface area contributed by atoms with Gasteiger partial charge in [0.2, 0.25) is 0 Å². The predicted octanol–water partition coefficient (Wildman–Crippen LogP) is 2.35. The molecule has 0 rings (SSSR count). The Balaban J connectivity index is 0. The van der Waals surface area contributed by atoms with Crippen molar-refractivity contribution in [3.05, 3.63) is 0 Å². The Kier molecular flexibility index (Phi) is 10.9. The summed E-state index contributed by atoms with van der Waals surface area (Å²) in [6.45, 7) is 4.72. The minimum atomic E-state index is -3.22. The van der Waals surface area contributed by atoms with Gasteiger partial charge in [0.15, 0.2) is 0 Å². The van der Waals surface area contributed by atoms with Crippen LogP contribution in [-0.2, 0) is 43.6 Å². The van der Waals surface area contributed by atoms with Crippen LogP contribution in [0.15, 0.2) is 0 Å². The SMILES string of the molecule is CC[O][Ti]([Cl])([Cl])[O]CC.[Ti]. The third kappa shape index (κ3) is 8.03. The zero-order chi connectivity index (χ0) is 7.33. The first kappa shape index (κ1) is 14.5. The van der Waals surface area contributed by atoms with Gasteiger partial charge < -0.3 is 0 Å². The molecule has 0 aromatic carbocycles. The molecule has 0 unspecified atom stereocenters. The summed E-state index contributed by atoms with van der Waals surface area (Å²) < 4.78 is 9.93. The fourth-order valence-corrected chi connectivity index (χ4v) is 3.36. The molecule has 0 aliphatic heterocycles. The third-order valence-electron chi connectivity index (χ3n) is 0.625. The van der Waals surface area contributed by atoms with E-state index in [4.69, 9.17) is 25.2 Å². The van der Waals surface area contributed by atoms with E-state index in [2.05, 4.69) is 0 Å². The first-order chi connectivity index (χ1) is 4.12. The first-order valence-corrected chi connectivity index (χ1v) is 8.35. The summed E-state index contributed by atoms with van der Waals surface area (Å²) in [4.78, 5) is 0. The molecule has 0 aliphatic carbocycles. The van der Waals surface area contributed by atoms with E-state index in [0.29, 0.717) is 13.2 Å². The van der Waals surface area contributed by atoms with Crippen LogP contribution in [0.2, 0.25) is 0 Å². The molecule has 0 aromatic heterocycles. The molecule has 0 bridgehead atoms. The Morgan fingerprint density at radius 2 is 1.40 bits per heavy atom. The second kappa shape index (κ2) is 7.57. The molecule has 60 valence electrons. The molecular weight excluding hydrogens is 247 g/mol. The molecule has 0 amide bonds. The van der Waals surface area contributed by atoms with Crippen LogP contribution in [-0.4, -0.2) is 13.2 Å². The van der Waals surface area contributed by atoms with Crippen molar-refractivity contribution in [2.75, 3.05) is 13.2 Å². The van der Waals surface area contributed by atoms with Crippen molar-refractivity contribution < 1.29 is 43.6 Å². The molecule has 0 radical (unpaired) electrons. The maximum atomic E-state index is 5.64. The molecule has 0 saturated heterocycles. The molecule has 0 spiro atoms. The van der Waals surface area contributed by atoms with Crippen LogP contribution in [0.5, 0.6) is 0 Å². The topological polar surface area (TPSA) is 18.5 Å². The van der Waals surface area contributed by atoms with Gasteiger partial charge in [-0.25, -0.2) is 0 Å². The fraction of sp³-hybridized carbons (Fsp3) is 1.00. The Morgan fingerprint density at radius 3 is 1.60 bits per heavy atom. The van der Waals surface area contributed by atoms with Gasteiger partial charge >= 0.3 is 67.6 Å². The Morgan fingerprint density at radius 1 is 1.10 bits per heavy atom. The number of rotatable bonds is 4. The molecule has 6 heteroatoms. The maximum Gasteiger partial charge on any atom is 0 e. The average molecular weight is 257 g/mol. The summed E-state index contributed by atoms with van der Waals surface area (Å²) >= 11 is -3.22. The van der Waals surface area contributed by atoms with Crippen molar-refractivity contribution in [1.29, 1.82) is 0 Å². The maximum absolute atomic E-state index is 5.64. The van der Waals surface area contributed by atoms with Crippen molar-refractivity contribution in [1.82, 2.24) is 0 Å². The van der Waals surface area contributed by atoms with Gasteiger partial charge in [-0.3, -0.25) is 0 Å². The average Bonchev–Trinajstić information content (AvgIpc) is 1.64. The van der Waals surface area contributed by atoms with E-state index in [1.807, 2.05) is 13.8 Å². The standard InChI is InChI=1S/2C2H5O.2ClH.2Ti/c2*1-2-3;;;;/h2*2H2,1H3;2*1H;;/q2*-1;;;;+4/p-2. The number of halogens is 2. The minimum Gasteiger partial charge on any atom is 0 e. The number of hydrogen-bond acceptors (Lipinski definition) is 2. The Bertz CT molecular complexity index is 73.7. The van der Waals surface area contributed by atoms with Crippen molar-refractivity contribution >= 4 is 18.6 Å². The van der Waals surface area contributed by atoms with E-state index in [-0.39, 0.29) is 21.7 Å². The second-order valence-electron chi connectivity index (χ2n) is 1.33. The molecule has 10 heavy (non-hydrogen) atoms. The summed E-state index contributed by atoms with van der Waals surface area (Å²) in [5, 5.41) is 0. The van der Waals surface area contributed by atoms with Gasteiger partial charge in [0, 0.05) is 21.7 Å². The molecule has 2 nitrogen and oxygen atoms in total. The van der Waals surface area contributed by atoms with Crippen molar-refractivity contribution in [2.45, 2.75) is 13.8 Å². The second-order valence-corrected chi connectivity index (χ2v) is 8.58. The Labute approximate surface area is 88.5 Å². The summed E-state index contributed by atoms with van der Waals surface area (Å²) in [7, 11) is 11.3. The van der Waals surface area contributed by atoms with Gasteiger partial charge in [-0.15, -0.1) is 0 Å². The predicted molar refractivity (Wildman–Crippen MR) is 35.0 cm³/mol. The van der Waals surface area contributed by atoms with Crippen LogP contribution in [0.4, 0.5) is 0 Å². The van der Waals surface area contributed by atoms with E-state index in [0.717, 1.165) is 0 Å². The molecular formula is C4H10Cl2O2Ti2. The van der Waals surface area contributed by atoms with Crippen molar-refractivity contribution in [2.24, 2.45) is 0 Å². The van der Waals surface area contributed by atoms with E-state index in [1.54, 1.807) is 0 Å². The summed E-state index contributed by atoms with van der Waals surface area (Å²) in [5.74, 6) is 0. The Hall–Kier alpha value is 1.93. The number of hydrogen-bond donors (Lipinski definition) is 0. The van der Waals surface area contributed by atoms with Crippen LogP contribution < -0.4 is 0 Å². The van der Waals surface area contributed by atoms with Crippen LogP contribution in [0, 0.1) is 0 Å². The smallest absolute Gasteiger partial charge is 0 e. The van der Waals surface area contributed by atoms with Gasteiger partial charge in [0.1, 0.15) is 0 Å².